The minimum Gasteiger partial charge on any atom is -0.465 e. The fourth-order valence-corrected chi connectivity index (χ4v) is 6.41. The maximum absolute atomic E-state index is 13.4. The van der Waals surface area contributed by atoms with Gasteiger partial charge >= 0.3 is 5.97 Å². The molecule has 0 spiro atoms. The van der Waals surface area contributed by atoms with E-state index in [1.165, 1.54) is 16.7 Å². The molecular weight excluding hydrogens is 584 g/mol. The molecule has 0 unspecified atom stereocenters. The second-order valence-electron chi connectivity index (χ2n) is 11.8. The molecule has 0 saturated carbocycles. The highest BCUT2D eigenvalue weighted by Crippen LogP contribution is 2.31. The Labute approximate surface area is 267 Å². The third-order valence-electron chi connectivity index (χ3n) is 8.78. The number of hydrogen-bond acceptors (Lipinski definition) is 8. The predicted octanol–water partition coefficient (Wildman–Crippen LogP) is 4.07. The van der Waals surface area contributed by atoms with Gasteiger partial charge in [-0.05, 0) is 61.6 Å². The highest BCUT2D eigenvalue weighted by atomic mass is 16.5. The van der Waals surface area contributed by atoms with Crippen molar-refractivity contribution >= 4 is 51.1 Å². The van der Waals surface area contributed by atoms with Gasteiger partial charge in [0.25, 0.3) is 23.6 Å². The Morgan fingerprint density at radius 1 is 0.609 bits per heavy atom. The smallest absolute Gasteiger partial charge is 0.302 e. The summed E-state index contributed by atoms with van der Waals surface area (Å²) < 4.78 is 5.18. The molecule has 0 N–H and O–H groups in total. The number of nitrogens with zero attached hydrogens (tertiary/aromatic N) is 4. The predicted molar refractivity (Wildman–Crippen MR) is 174 cm³/mol. The second-order valence-corrected chi connectivity index (χ2v) is 11.8. The van der Waals surface area contributed by atoms with Crippen molar-refractivity contribution in [2.45, 2.75) is 13.3 Å². The summed E-state index contributed by atoms with van der Waals surface area (Å²) in [5, 5.41) is 3.15. The van der Waals surface area contributed by atoms with E-state index in [9.17, 15) is 24.0 Å². The topological polar surface area (TPSA) is 108 Å². The maximum Gasteiger partial charge on any atom is 0.302 e. The molecule has 4 aromatic rings. The molecule has 2 aliphatic rings. The number of ether oxygens (including phenoxy) is 1. The SMILES string of the molecule is CC(=O)OCCN(CCCN(C)CCN1C(=O)c2cccc3cccc(c23)C1=O)CCN1C(=O)c2cccc3cccc(c23)C1=O. The van der Waals surface area contributed by atoms with E-state index >= 15 is 0 Å². The first kappa shape index (κ1) is 31.1. The van der Waals surface area contributed by atoms with Crippen LogP contribution in [0, 0.1) is 0 Å². The van der Waals surface area contributed by atoms with Crippen LogP contribution >= 0.6 is 0 Å². The van der Waals surface area contributed by atoms with Gasteiger partial charge in [-0.1, -0.05) is 48.5 Å². The van der Waals surface area contributed by atoms with Crippen LogP contribution in [0.25, 0.3) is 21.5 Å². The number of benzene rings is 4. The van der Waals surface area contributed by atoms with Crippen molar-refractivity contribution in [2.24, 2.45) is 0 Å². The van der Waals surface area contributed by atoms with Crippen LogP contribution in [-0.2, 0) is 9.53 Å². The lowest BCUT2D eigenvalue weighted by molar-refractivity contribution is -0.141. The van der Waals surface area contributed by atoms with Crippen molar-refractivity contribution in [1.82, 2.24) is 19.6 Å². The van der Waals surface area contributed by atoms with E-state index in [0.717, 1.165) is 17.2 Å². The molecule has 0 atom stereocenters. The molecule has 0 radical (unpaired) electrons. The van der Waals surface area contributed by atoms with Crippen molar-refractivity contribution in [1.29, 1.82) is 0 Å². The van der Waals surface area contributed by atoms with Crippen molar-refractivity contribution in [3.8, 4) is 0 Å². The Kier molecular flexibility index (Phi) is 8.92. The lowest BCUT2D eigenvalue weighted by atomic mass is 9.94. The number of rotatable bonds is 13. The molecule has 10 heteroatoms. The fourth-order valence-electron chi connectivity index (χ4n) is 6.41. The fraction of sp³-hybridized carbons (Fsp3) is 0.306. The van der Waals surface area contributed by atoms with Crippen LogP contribution < -0.4 is 0 Å². The Morgan fingerprint density at radius 3 is 1.48 bits per heavy atom. The van der Waals surface area contributed by atoms with Gasteiger partial charge in [0.05, 0.1) is 0 Å². The van der Waals surface area contributed by atoms with Crippen molar-refractivity contribution in [2.75, 3.05) is 59.5 Å². The molecule has 236 valence electrons. The van der Waals surface area contributed by atoms with Gasteiger partial charge in [-0.3, -0.25) is 38.7 Å². The lowest BCUT2D eigenvalue weighted by Crippen LogP contribution is -2.45. The molecule has 46 heavy (non-hydrogen) atoms. The average Bonchev–Trinajstić information content (AvgIpc) is 3.05. The summed E-state index contributed by atoms with van der Waals surface area (Å²) in [5.74, 6) is -1.55. The standard InChI is InChI=1S/C36H36N4O6/c1-24(41)46-23-22-38(19-21-40-35(44)29-14-5-10-26-11-6-15-30(32(26)29)36(40)45)17-7-16-37(2)18-20-39-33(42)27-12-3-8-25-9-4-13-28(31(25)27)34(39)43/h3-6,8-15H,7,16-23H2,1-2H3. The highest BCUT2D eigenvalue weighted by Gasteiger charge is 2.34. The normalized spacial score (nSPS) is 14.3. The van der Waals surface area contributed by atoms with Gasteiger partial charge < -0.3 is 9.64 Å². The molecule has 2 aliphatic heterocycles. The zero-order chi connectivity index (χ0) is 32.4. The second kappa shape index (κ2) is 13.2. The van der Waals surface area contributed by atoms with Crippen LogP contribution in [0.2, 0.25) is 0 Å². The molecule has 2 heterocycles. The Morgan fingerprint density at radius 2 is 1.04 bits per heavy atom. The van der Waals surface area contributed by atoms with Crippen LogP contribution in [0.1, 0.15) is 54.8 Å². The first-order valence-electron chi connectivity index (χ1n) is 15.5. The van der Waals surface area contributed by atoms with Gasteiger partial charge in [0.2, 0.25) is 0 Å². The van der Waals surface area contributed by atoms with E-state index in [-0.39, 0.29) is 49.3 Å². The van der Waals surface area contributed by atoms with Crippen LogP contribution in [0.4, 0.5) is 0 Å². The zero-order valence-electron chi connectivity index (χ0n) is 26.0. The number of imide groups is 2. The van der Waals surface area contributed by atoms with Crippen molar-refractivity contribution < 1.29 is 28.7 Å². The average molecular weight is 621 g/mol. The highest BCUT2D eigenvalue weighted by molar-refractivity contribution is 6.26. The summed E-state index contributed by atoms with van der Waals surface area (Å²) in [7, 11) is 1.94. The number of carbonyl (C=O) groups excluding carboxylic acids is 5. The third-order valence-corrected chi connectivity index (χ3v) is 8.78. The zero-order valence-corrected chi connectivity index (χ0v) is 26.0. The van der Waals surface area contributed by atoms with Crippen LogP contribution in [0.5, 0.6) is 0 Å². The summed E-state index contributed by atoms with van der Waals surface area (Å²) in [6.07, 6.45) is 0.741. The maximum atomic E-state index is 13.4. The van der Waals surface area contributed by atoms with E-state index in [1.54, 1.807) is 24.3 Å². The van der Waals surface area contributed by atoms with E-state index in [2.05, 4.69) is 9.80 Å². The molecule has 4 aromatic carbocycles. The Balaban J connectivity index is 1.04. The number of esters is 1. The van der Waals surface area contributed by atoms with Crippen LogP contribution in [0.15, 0.2) is 72.8 Å². The third kappa shape index (κ3) is 6.01. The number of carbonyl (C=O) groups is 5. The van der Waals surface area contributed by atoms with E-state index in [1.807, 2.05) is 55.6 Å². The van der Waals surface area contributed by atoms with Gasteiger partial charge in [-0.25, -0.2) is 0 Å². The number of likely N-dealkylation sites (N-methyl/N-ethyl adjacent to an activating group) is 1. The molecule has 0 aromatic heterocycles. The lowest BCUT2D eigenvalue weighted by Gasteiger charge is -2.30. The molecule has 0 bridgehead atoms. The minimum absolute atomic E-state index is 0.197. The summed E-state index contributed by atoms with van der Waals surface area (Å²) in [6, 6.07) is 22.0. The quantitative estimate of drug-likeness (QED) is 0.163. The van der Waals surface area contributed by atoms with E-state index < -0.39 is 0 Å². The minimum atomic E-state index is -0.369. The van der Waals surface area contributed by atoms with Gasteiger partial charge in [-0.15, -0.1) is 0 Å². The Bertz CT molecular complexity index is 1770. The van der Waals surface area contributed by atoms with Crippen molar-refractivity contribution in [3.05, 3.63) is 95.1 Å². The molecular formula is C36H36N4O6. The summed E-state index contributed by atoms with van der Waals surface area (Å²) in [5.41, 5.74) is 2.13. The summed E-state index contributed by atoms with van der Waals surface area (Å²) in [4.78, 5) is 71.4. The first-order valence-corrected chi connectivity index (χ1v) is 15.5. The Hall–Kier alpha value is -4.93. The van der Waals surface area contributed by atoms with Gasteiger partial charge in [0, 0.05) is 72.7 Å². The molecule has 0 aliphatic carbocycles. The largest absolute Gasteiger partial charge is 0.465 e. The van der Waals surface area contributed by atoms with Gasteiger partial charge in [0.15, 0.2) is 0 Å². The van der Waals surface area contributed by atoms with Crippen LogP contribution in [0.3, 0.4) is 0 Å². The van der Waals surface area contributed by atoms with Gasteiger partial charge in [-0.2, -0.15) is 0 Å². The number of amides is 4. The van der Waals surface area contributed by atoms with Gasteiger partial charge in [0.1, 0.15) is 6.61 Å². The molecule has 6 rings (SSSR count). The van der Waals surface area contributed by atoms with Crippen LogP contribution in [-0.4, -0.2) is 109 Å². The van der Waals surface area contributed by atoms with Crippen molar-refractivity contribution in [3.63, 3.8) is 0 Å². The van der Waals surface area contributed by atoms with E-state index in [0.29, 0.717) is 65.8 Å². The first-order chi connectivity index (χ1) is 22.2. The summed E-state index contributed by atoms with van der Waals surface area (Å²) in [6.45, 7) is 4.71. The molecule has 0 fully saturated rings. The molecule has 10 nitrogen and oxygen atoms in total. The van der Waals surface area contributed by atoms with E-state index in [4.69, 9.17) is 4.74 Å². The molecule has 0 saturated heterocycles. The monoisotopic (exact) mass is 620 g/mol. The summed E-state index contributed by atoms with van der Waals surface area (Å²) >= 11 is 0. The number of hydrogen-bond donors (Lipinski definition) is 0. The molecule has 4 amide bonds.